The number of halogens is 2. The third kappa shape index (κ3) is 8.51. The summed E-state index contributed by atoms with van der Waals surface area (Å²) < 4.78 is 65.0. The molecular formula is C29H40F2NO6S2+. The van der Waals surface area contributed by atoms with Crippen molar-refractivity contribution in [3.63, 3.8) is 0 Å². The highest BCUT2D eigenvalue weighted by molar-refractivity contribution is 7.97. The number of esters is 1. The summed E-state index contributed by atoms with van der Waals surface area (Å²) in [6, 6.07) is 11.5. The molecule has 4 unspecified atom stereocenters. The molecule has 222 valence electrons. The summed E-state index contributed by atoms with van der Waals surface area (Å²) >= 11 is 0. The Morgan fingerprint density at radius 2 is 1.77 bits per heavy atom. The lowest BCUT2D eigenvalue weighted by atomic mass is 9.85. The van der Waals surface area contributed by atoms with Crippen molar-refractivity contribution >= 4 is 27.0 Å². The quantitative estimate of drug-likeness (QED) is 0.168. The monoisotopic (exact) mass is 600 g/mol. The van der Waals surface area contributed by atoms with E-state index in [-0.39, 0.29) is 28.9 Å². The molecule has 0 amide bonds. The van der Waals surface area contributed by atoms with Crippen molar-refractivity contribution in [1.29, 1.82) is 5.26 Å². The van der Waals surface area contributed by atoms with Crippen LogP contribution in [0.1, 0.15) is 64.9 Å². The molecule has 7 nitrogen and oxygen atoms in total. The van der Waals surface area contributed by atoms with Gasteiger partial charge in [-0.25, -0.2) is 4.79 Å². The van der Waals surface area contributed by atoms with Crippen LogP contribution >= 0.6 is 0 Å². The number of hydrogen-bond donors (Lipinski definition) is 1. The van der Waals surface area contributed by atoms with Crippen molar-refractivity contribution in [2.45, 2.75) is 81.0 Å². The van der Waals surface area contributed by atoms with E-state index in [9.17, 15) is 22.0 Å². The molecule has 0 radical (unpaired) electrons. The van der Waals surface area contributed by atoms with Crippen molar-refractivity contribution < 1.29 is 36.0 Å². The van der Waals surface area contributed by atoms with Gasteiger partial charge in [-0.3, -0.25) is 4.55 Å². The predicted molar refractivity (Wildman–Crippen MR) is 151 cm³/mol. The van der Waals surface area contributed by atoms with Crippen LogP contribution in [-0.2, 0) is 40.7 Å². The summed E-state index contributed by atoms with van der Waals surface area (Å²) in [7, 11) is -5.01. The van der Waals surface area contributed by atoms with Crippen LogP contribution in [0.4, 0.5) is 8.78 Å². The summed E-state index contributed by atoms with van der Waals surface area (Å²) in [6.45, 7) is 7.97. The molecule has 1 aromatic carbocycles. The highest BCUT2D eigenvalue weighted by Gasteiger charge is 2.48. The number of rotatable bonds is 9. The van der Waals surface area contributed by atoms with Crippen LogP contribution in [0.3, 0.4) is 0 Å². The van der Waals surface area contributed by atoms with Gasteiger partial charge in [0.2, 0.25) is 0 Å². The summed E-state index contributed by atoms with van der Waals surface area (Å²) in [5.74, 6) is 2.78. The summed E-state index contributed by atoms with van der Waals surface area (Å²) in [4.78, 5) is 13.6. The number of carbonyl (C=O) groups excluding carboxylic acids is 1. The number of nitriles is 1. The SMILES string of the molecule is C=C(COCC(F)(F)S(=O)(=O)O)C(=O)OC1CC2CC(CC#N)C1C2.CC(C)(C)c1ccc([S+]2CCCC2)cc1. The van der Waals surface area contributed by atoms with E-state index in [0.717, 1.165) is 12.8 Å². The first-order valence-corrected chi connectivity index (χ1v) is 16.6. The van der Waals surface area contributed by atoms with Crippen molar-refractivity contribution in [2.24, 2.45) is 17.8 Å². The Kier molecular flexibility index (Phi) is 10.8. The molecule has 2 aliphatic carbocycles. The maximum Gasteiger partial charge on any atom is 0.392 e. The molecule has 0 spiro atoms. The van der Waals surface area contributed by atoms with E-state index in [2.05, 4.69) is 62.4 Å². The lowest BCUT2D eigenvalue weighted by Crippen LogP contribution is -2.34. The van der Waals surface area contributed by atoms with Crippen LogP contribution in [0.25, 0.3) is 0 Å². The van der Waals surface area contributed by atoms with Crippen LogP contribution in [0.2, 0.25) is 0 Å². The molecule has 1 saturated heterocycles. The highest BCUT2D eigenvalue weighted by Crippen LogP contribution is 2.50. The second kappa shape index (κ2) is 13.3. The smallest absolute Gasteiger partial charge is 0.392 e. The zero-order chi connectivity index (χ0) is 29.7. The number of alkyl halides is 2. The number of ether oxygens (including phenoxy) is 2. The van der Waals surface area contributed by atoms with Crippen molar-refractivity contribution in [2.75, 3.05) is 24.7 Å². The lowest BCUT2D eigenvalue weighted by Gasteiger charge is -2.28. The van der Waals surface area contributed by atoms with Gasteiger partial charge in [-0.1, -0.05) is 39.5 Å². The van der Waals surface area contributed by atoms with E-state index in [1.807, 2.05) is 0 Å². The highest BCUT2D eigenvalue weighted by atomic mass is 32.2. The molecule has 2 saturated carbocycles. The fourth-order valence-electron chi connectivity index (χ4n) is 5.60. The molecule has 2 bridgehead atoms. The summed E-state index contributed by atoms with van der Waals surface area (Å²) in [5, 5.41) is 4.35. The average molecular weight is 601 g/mol. The number of benzene rings is 1. The van der Waals surface area contributed by atoms with Crippen LogP contribution < -0.4 is 0 Å². The van der Waals surface area contributed by atoms with E-state index < -0.39 is 34.6 Å². The van der Waals surface area contributed by atoms with E-state index >= 15 is 0 Å². The number of nitrogens with zero attached hydrogens (tertiary/aromatic N) is 1. The Morgan fingerprint density at radius 1 is 1.15 bits per heavy atom. The second-order valence-corrected chi connectivity index (χ2v) is 15.7. The van der Waals surface area contributed by atoms with Crippen LogP contribution in [0.15, 0.2) is 41.3 Å². The Balaban J connectivity index is 0.000000249. The maximum atomic E-state index is 13.0. The topological polar surface area (TPSA) is 114 Å². The normalized spacial score (nSPS) is 24.7. The van der Waals surface area contributed by atoms with Gasteiger partial charge in [0.05, 0.1) is 18.2 Å². The Morgan fingerprint density at radius 3 is 2.30 bits per heavy atom. The molecule has 3 fully saturated rings. The van der Waals surface area contributed by atoms with Gasteiger partial charge in [0.15, 0.2) is 4.90 Å². The van der Waals surface area contributed by atoms with Gasteiger partial charge < -0.3 is 9.47 Å². The molecule has 0 aromatic heterocycles. The standard InChI is InChI=1S/C15H19F2NO6S.C14H21S/c1-9(7-23-8-15(16,17)25(20,21)22)14(19)24-13-6-10-4-11(2-3-18)12(13)5-10;1-14(2,3)12-6-8-13(9-7-12)15-10-4-5-11-15/h10-13H,1-2,4-8H2,(H,20,21,22);6-9H,4-5,10-11H2,1-3H3/q;+1. The van der Waals surface area contributed by atoms with Gasteiger partial charge in [0, 0.05) is 23.2 Å². The van der Waals surface area contributed by atoms with Crippen LogP contribution in [0, 0.1) is 29.1 Å². The Hall–Kier alpha value is -2.00. The van der Waals surface area contributed by atoms with Gasteiger partial charge in [-0.05, 0) is 67.1 Å². The molecule has 11 heteroatoms. The van der Waals surface area contributed by atoms with E-state index in [1.165, 1.54) is 29.9 Å². The first kappa shape index (κ1) is 32.5. The molecule has 3 aliphatic rings. The second-order valence-electron chi connectivity index (χ2n) is 11.9. The van der Waals surface area contributed by atoms with Crippen LogP contribution in [0.5, 0.6) is 0 Å². The number of hydrogen-bond acceptors (Lipinski definition) is 6. The molecule has 1 aromatic rings. The van der Waals surface area contributed by atoms with Crippen molar-refractivity contribution in [1.82, 2.24) is 0 Å². The first-order chi connectivity index (χ1) is 18.6. The summed E-state index contributed by atoms with van der Waals surface area (Å²) in [6.07, 6.45) is 5.49. The van der Waals surface area contributed by atoms with Gasteiger partial charge in [-0.15, -0.1) is 0 Å². The molecular weight excluding hydrogens is 560 g/mol. The van der Waals surface area contributed by atoms with Gasteiger partial charge in [0.25, 0.3) is 0 Å². The average Bonchev–Trinajstić information content (AvgIpc) is 3.61. The molecule has 4 atom stereocenters. The fraction of sp³-hybridized carbons (Fsp3) is 0.655. The number of fused-ring (bicyclic) bond motifs is 2. The van der Waals surface area contributed by atoms with Gasteiger partial charge in [0.1, 0.15) is 24.2 Å². The maximum absolute atomic E-state index is 13.0. The number of carbonyl (C=O) groups is 1. The zero-order valence-corrected chi connectivity index (χ0v) is 25.0. The zero-order valence-electron chi connectivity index (χ0n) is 23.4. The minimum atomic E-state index is -5.59. The lowest BCUT2D eigenvalue weighted by molar-refractivity contribution is -0.148. The van der Waals surface area contributed by atoms with Gasteiger partial charge >= 0.3 is 21.3 Å². The van der Waals surface area contributed by atoms with E-state index in [4.69, 9.17) is 14.6 Å². The molecule has 1 aliphatic heterocycles. The third-order valence-electron chi connectivity index (χ3n) is 7.80. The third-order valence-corrected chi connectivity index (χ3v) is 11.2. The molecule has 1 heterocycles. The molecule has 40 heavy (non-hydrogen) atoms. The minimum Gasteiger partial charge on any atom is -0.459 e. The fourth-order valence-corrected chi connectivity index (χ4v) is 8.13. The Bertz CT molecular complexity index is 1180. The molecule has 1 N–H and O–H groups in total. The predicted octanol–water partition coefficient (Wildman–Crippen LogP) is 5.67. The first-order valence-electron chi connectivity index (χ1n) is 13.6. The van der Waals surface area contributed by atoms with Gasteiger partial charge in [-0.2, -0.15) is 22.5 Å². The van der Waals surface area contributed by atoms with Crippen molar-refractivity contribution in [3.05, 3.63) is 42.0 Å². The van der Waals surface area contributed by atoms with E-state index in [0.29, 0.717) is 29.7 Å². The van der Waals surface area contributed by atoms with E-state index in [1.54, 1.807) is 4.90 Å². The van der Waals surface area contributed by atoms with Crippen LogP contribution in [-0.4, -0.2) is 55.0 Å². The Labute approximate surface area is 239 Å². The minimum absolute atomic E-state index is 0.117. The summed E-state index contributed by atoms with van der Waals surface area (Å²) in [5.41, 5.74) is 1.51. The van der Waals surface area contributed by atoms with Crippen molar-refractivity contribution in [3.8, 4) is 6.07 Å². The largest absolute Gasteiger partial charge is 0.459 e. The molecule has 4 rings (SSSR count).